The van der Waals surface area contributed by atoms with Crippen molar-refractivity contribution in [1.29, 1.82) is 0 Å². The number of likely N-dealkylation sites (N-methyl/N-ethyl adjacent to an activating group) is 1. The predicted octanol–water partition coefficient (Wildman–Crippen LogP) is 5.29. The second-order valence-electron chi connectivity index (χ2n) is 13.1. The van der Waals surface area contributed by atoms with Crippen LogP contribution in [-0.2, 0) is 27.3 Å². The molecule has 1 aromatic heterocycles. The van der Waals surface area contributed by atoms with Crippen molar-refractivity contribution in [2.45, 2.75) is 64.1 Å². The first-order valence-corrected chi connectivity index (χ1v) is 16.1. The Bertz CT molecular complexity index is 1640. The maximum absolute atomic E-state index is 13.7. The predicted molar refractivity (Wildman–Crippen MR) is 177 cm³/mol. The molecular formula is C36H42FN5O6. The van der Waals surface area contributed by atoms with Gasteiger partial charge in [-0.15, -0.1) is 0 Å². The average molecular weight is 660 g/mol. The minimum atomic E-state index is -1.00. The summed E-state index contributed by atoms with van der Waals surface area (Å²) in [6.07, 6.45) is 2.64. The average Bonchev–Trinajstić information content (AvgIpc) is 3.07. The smallest absolute Gasteiger partial charge is 0.416 e. The van der Waals surface area contributed by atoms with Gasteiger partial charge in [-0.2, -0.15) is 0 Å². The zero-order valence-electron chi connectivity index (χ0n) is 27.9. The lowest BCUT2D eigenvalue weighted by atomic mass is 9.82. The van der Waals surface area contributed by atoms with Gasteiger partial charge in [-0.05, 0) is 93.1 Å². The number of rotatable bonds is 8. The van der Waals surface area contributed by atoms with Gasteiger partial charge in [0.2, 0.25) is 11.8 Å². The van der Waals surface area contributed by atoms with E-state index in [9.17, 15) is 23.6 Å². The van der Waals surface area contributed by atoms with Gasteiger partial charge < -0.3 is 19.7 Å². The van der Waals surface area contributed by atoms with E-state index in [2.05, 4.69) is 10.3 Å². The van der Waals surface area contributed by atoms with Crippen molar-refractivity contribution in [2.75, 3.05) is 32.1 Å². The van der Waals surface area contributed by atoms with E-state index in [0.717, 1.165) is 22.4 Å². The minimum Gasteiger partial charge on any atom is -0.497 e. The van der Waals surface area contributed by atoms with Gasteiger partial charge in [0, 0.05) is 32.3 Å². The summed E-state index contributed by atoms with van der Waals surface area (Å²) in [5.41, 5.74) is 1.65. The molecule has 0 radical (unpaired) electrons. The Morgan fingerprint density at radius 2 is 1.75 bits per heavy atom. The number of methoxy groups -OCH3 is 1. The SMILES string of the molecule is CNC(=O)[C@@H]1[C@@H](Cc2ccnc(N(Cc3ccc(OC)cc3)C(=O)OC(C)(C)C)c2)C(=O)N1C(=O)N1CCC[C@@H](c2ccc(F)cc2)C1. The van der Waals surface area contributed by atoms with E-state index >= 15 is 0 Å². The monoisotopic (exact) mass is 659 g/mol. The number of nitrogens with one attached hydrogen (secondary N) is 1. The first kappa shape index (κ1) is 34.3. The molecule has 2 aromatic carbocycles. The number of aromatic nitrogens is 1. The number of halogens is 1. The number of urea groups is 1. The molecule has 2 fully saturated rings. The van der Waals surface area contributed by atoms with Gasteiger partial charge in [-0.3, -0.25) is 19.4 Å². The molecule has 5 amide bonds. The zero-order valence-corrected chi connectivity index (χ0v) is 27.9. The van der Waals surface area contributed by atoms with E-state index in [1.807, 2.05) is 12.1 Å². The third-order valence-corrected chi connectivity index (χ3v) is 8.62. The summed E-state index contributed by atoms with van der Waals surface area (Å²) in [4.78, 5) is 62.3. The van der Waals surface area contributed by atoms with Gasteiger partial charge in [0.25, 0.3) is 0 Å². The fourth-order valence-electron chi connectivity index (χ4n) is 6.18. The van der Waals surface area contributed by atoms with Crippen molar-refractivity contribution in [2.24, 2.45) is 5.92 Å². The molecule has 2 aliphatic heterocycles. The number of nitrogens with zero attached hydrogens (tertiary/aromatic N) is 4. The molecule has 2 saturated heterocycles. The molecule has 12 heteroatoms. The third-order valence-electron chi connectivity index (χ3n) is 8.62. The largest absolute Gasteiger partial charge is 0.497 e. The number of hydrogen-bond donors (Lipinski definition) is 1. The van der Waals surface area contributed by atoms with E-state index in [0.29, 0.717) is 36.6 Å². The van der Waals surface area contributed by atoms with Crippen molar-refractivity contribution in [3.05, 3.63) is 89.4 Å². The summed E-state index contributed by atoms with van der Waals surface area (Å²) >= 11 is 0. The number of ether oxygens (including phenoxy) is 2. The Morgan fingerprint density at radius 3 is 2.40 bits per heavy atom. The van der Waals surface area contributed by atoms with Crippen LogP contribution in [0.3, 0.4) is 0 Å². The highest BCUT2D eigenvalue weighted by Gasteiger charge is 2.55. The second-order valence-corrected chi connectivity index (χ2v) is 13.1. The maximum atomic E-state index is 13.7. The molecule has 3 heterocycles. The first-order valence-electron chi connectivity index (χ1n) is 16.1. The van der Waals surface area contributed by atoms with E-state index < -0.39 is 41.5 Å². The molecule has 0 saturated carbocycles. The van der Waals surface area contributed by atoms with Crippen LogP contribution in [0.1, 0.15) is 56.2 Å². The summed E-state index contributed by atoms with van der Waals surface area (Å²) < 4.78 is 24.4. The van der Waals surface area contributed by atoms with Crippen LogP contribution in [-0.4, -0.2) is 77.6 Å². The van der Waals surface area contributed by atoms with Crippen molar-refractivity contribution in [3.63, 3.8) is 0 Å². The topological polar surface area (TPSA) is 121 Å². The van der Waals surface area contributed by atoms with Crippen molar-refractivity contribution in [3.8, 4) is 5.75 Å². The zero-order chi connectivity index (χ0) is 34.6. The molecular weight excluding hydrogens is 617 g/mol. The summed E-state index contributed by atoms with van der Waals surface area (Å²) in [5, 5.41) is 2.60. The number of pyridine rings is 1. The van der Waals surface area contributed by atoms with Gasteiger partial charge in [0.15, 0.2) is 0 Å². The third kappa shape index (κ3) is 7.75. The second kappa shape index (κ2) is 14.4. The lowest BCUT2D eigenvalue weighted by Crippen LogP contribution is -2.70. The van der Waals surface area contributed by atoms with E-state index in [-0.39, 0.29) is 24.7 Å². The Balaban J connectivity index is 1.34. The molecule has 3 atom stereocenters. The van der Waals surface area contributed by atoms with E-state index in [4.69, 9.17) is 9.47 Å². The molecule has 48 heavy (non-hydrogen) atoms. The Hall–Kier alpha value is -5.00. The van der Waals surface area contributed by atoms with Crippen molar-refractivity contribution >= 4 is 29.8 Å². The molecule has 0 bridgehead atoms. The van der Waals surface area contributed by atoms with Crippen LogP contribution < -0.4 is 15.0 Å². The number of hydrogen-bond acceptors (Lipinski definition) is 7. The molecule has 0 aliphatic carbocycles. The number of carbonyl (C=O) groups excluding carboxylic acids is 4. The quantitative estimate of drug-likeness (QED) is 0.327. The number of β-lactam (4-membered cyclic amide) rings is 1. The molecule has 1 N–H and O–H groups in total. The van der Waals surface area contributed by atoms with Crippen LogP contribution in [0.5, 0.6) is 5.75 Å². The maximum Gasteiger partial charge on any atom is 0.416 e. The Labute approximate surface area is 280 Å². The minimum absolute atomic E-state index is 0.00463. The Kier molecular flexibility index (Phi) is 10.3. The number of benzene rings is 2. The highest BCUT2D eigenvalue weighted by molar-refractivity contribution is 6.09. The molecule has 254 valence electrons. The molecule has 0 spiro atoms. The van der Waals surface area contributed by atoms with Crippen LogP contribution in [0.15, 0.2) is 66.9 Å². The Morgan fingerprint density at radius 1 is 1.04 bits per heavy atom. The number of likely N-dealkylation sites (tertiary alicyclic amines) is 2. The molecule has 5 rings (SSSR count). The molecule has 0 unspecified atom stereocenters. The fourth-order valence-corrected chi connectivity index (χ4v) is 6.18. The van der Waals surface area contributed by atoms with Gasteiger partial charge in [0.1, 0.15) is 29.0 Å². The van der Waals surface area contributed by atoms with Gasteiger partial charge in [-0.1, -0.05) is 24.3 Å². The van der Waals surface area contributed by atoms with Crippen LogP contribution in [0.2, 0.25) is 0 Å². The van der Waals surface area contributed by atoms with Gasteiger partial charge in [-0.25, -0.2) is 19.0 Å². The normalized spacial score (nSPS) is 19.3. The molecule has 11 nitrogen and oxygen atoms in total. The number of amides is 5. The number of piperidine rings is 1. The van der Waals surface area contributed by atoms with Crippen LogP contribution >= 0.6 is 0 Å². The van der Waals surface area contributed by atoms with E-state index in [1.165, 1.54) is 24.1 Å². The standard InChI is InChI=1S/C36H42FN5O6/c1-36(2,3)48-35(46)41(21-23-8-14-28(47-5)15-9-23)30-20-24(16-17-39-30)19-29-31(32(43)38-4)42(33(29)44)34(45)40-18-6-7-26(22-40)25-10-12-27(37)13-11-25/h8-17,20,26,29,31H,6-7,18-19,21-22H2,1-5H3,(H,38,43)/t26-,29-,31+/m1/s1. The summed E-state index contributed by atoms with van der Waals surface area (Å²) in [5.74, 6) is -1.02. The molecule has 2 aliphatic rings. The number of imide groups is 1. The van der Waals surface area contributed by atoms with Gasteiger partial charge >= 0.3 is 12.1 Å². The summed E-state index contributed by atoms with van der Waals surface area (Å²) in [6.45, 7) is 6.31. The van der Waals surface area contributed by atoms with Gasteiger partial charge in [0.05, 0.1) is 19.6 Å². The highest BCUT2D eigenvalue weighted by atomic mass is 19.1. The van der Waals surface area contributed by atoms with Crippen LogP contribution in [0.25, 0.3) is 0 Å². The van der Waals surface area contributed by atoms with Crippen LogP contribution in [0, 0.1) is 11.7 Å². The highest BCUT2D eigenvalue weighted by Crippen LogP contribution is 2.35. The van der Waals surface area contributed by atoms with E-state index in [1.54, 1.807) is 75.4 Å². The first-order chi connectivity index (χ1) is 22.9. The lowest BCUT2D eigenvalue weighted by molar-refractivity contribution is -0.158. The lowest BCUT2D eigenvalue weighted by Gasteiger charge is -2.47. The van der Waals surface area contributed by atoms with Crippen molar-refractivity contribution < 1.29 is 33.0 Å². The summed E-state index contributed by atoms with van der Waals surface area (Å²) in [7, 11) is 3.05. The molecule has 3 aromatic rings. The number of carbonyl (C=O) groups is 4. The number of anilines is 1. The van der Waals surface area contributed by atoms with Crippen molar-refractivity contribution in [1.82, 2.24) is 20.1 Å². The van der Waals surface area contributed by atoms with Crippen LogP contribution in [0.4, 0.5) is 19.8 Å². The fraction of sp³-hybridized carbons (Fsp3) is 0.417. The summed E-state index contributed by atoms with van der Waals surface area (Å²) in [6, 6.07) is 15.4.